The zero-order valence-corrected chi connectivity index (χ0v) is 16.0. The van der Waals surface area contributed by atoms with Crippen molar-refractivity contribution in [3.8, 4) is 5.75 Å². The van der Waals surface area contributed by atoms with Gasteiger partial charge in [0.25, 0.3) is 0 Å². The second kappa shape index (κ2) is 10.2. The first-order valence-electron chi connectivity index (χ1n) is 8.93. The fourth-order valence-electron chi connectivity index (χ4n) is 2.63. The summed E-state index contributed by atoms with van der Waals surface area (Å²) < 4.78 is 10.3. The number of methoxy groups -OCH3 is 1. The van der Waals surface area contributed by atoms with E-state index in [2.05, 4.69) is 5.32 Å². The molecule has 0 unspecified atom stereocenters. The van der Waals surface area contributed by atoms with E-state index >= 15 is 0 Å². The molecule has 0 aliphatic carbocycles. The second-order valence-electron chi connectivity index (χ2n) is 6.10. The van der Waals surface area contributed by atoms with Gasteiger partial charge in [-0.25, -0.2) is 4.79 Å². The highest BCUT2D eigenvalue weighted by Crippen LogP contribution is 2.25. The number of carbonyl (C=O) groups is 2. The van der Waals surface area contributed by atoms with Crippen molar-refractivity contribution >= 4 is 17.7 Å². The standard InChI is InChI=1S/C21H26N2O4/c1-4-27-20(24)12-13-23(15-17-8-6-5-7-9-17)21(25)22-18-14-16(2)10-11-19(18)26-3/h5-11,14H,4,12-13,15H2,1-3H3,(H,22,25). The highest BCUT2D eigenvalue weighted by Gasteiger charge is 2.18. The molecule has 0 radical (unpaired) electrons. The molecule has 0 bridgehead atoms. The minimum Gasteiger partial charge on any atom is -0.495 e. The van der Waals surface area contributed by atoms with E-state index in [1.807, 2.05) is 55.5 Å². The van der Waals surface area contributed by atoms with E-state index in [1.54, 1.807) is 18.9 Å². The van der Waals surface area contributed by atoms with Crippen LogP contribution in [0, 0.1) is 6.92 Å². The molecule has 27 heavy (non-hydrogen) atoms. The number of anilines is 1. The highest BCUT2D eigenvalue weighted by molar-refractivity contribution is 5.91. The molecule has 2 amide bonds. The molecule has 0 heterocycles. The Kier molecular flexibility index (Phi) is 7.67. The molecule has 0 saturated heterocycles. The van der Waals surface area contributed by atoms with Crippen molar-refractivity contribution in [1.29, 1.82) is 0 Å². The van der Waals surface area contributed by atoms with E-state index in [-0.39, 0.29) is 25.0 Å². The van der Waals surface area contributed by atoms with Gasteiger partial charge < -0.3 is 19.7 Å². The second-order valence-corrected chi connectivity index (χ2v) is 6.10. The Bertz CT molecular complexity index is 762. The zero-order valence-electron chi connectivity index (χ0n) is 16.0. The number of nitrogens with one attached hydrogen (secondary N) is 1. The van der Waals surface area contributed by atoms with Crippen LogP contribution in [0.2, 0.25) is 0 Å². The normalized spacial score (nSPS) is 10.2. The van der Waals surface area contributed by atoms with Crippen molar-refractivity contribution in [2.24, 2.45) is 0 Å². The summed E-state index contributed by atoms with van der Waals surface area (Å²) in [4.78, 5) is 26.2. The Morgan fingerprint density at radius 2 is 1.85 bits per heavy atom. The van der Waals surface area contributed by atoms with Gasteiger partial charge in [0.05, 0.1) is 25.8 Å². The molecule has 1 N–H and O–H groups in total. The summed E-state index contributed by atoms with van der Waals surface area (Å²) in [6.45, 7) is 4.67. The molecule has 0 spiro atoms. The van der Waals surface area contributed by atoms with Gasteiger partial charge in [-0.15, -0.1) is 0 Å². The number of benzene rings is 2. The van der Waals surface area contributed by atoms with Crippen molar-refractivity contribution in [3.63, 3.8) is 0 Å². The van der Waals surface area contributed by atoms with E-state index in [9.17, 15) is 9.59 Å². The SMILES string of the molecule is CCOC(=O)CCN(Cc1ccccc1)C(=O)Nc1cc(C)ccc1OC. The number of hydrogen-bond donors (Lipinski definition) is 1. The maximum absolute atomic E-state index is 12.9. The number of ether oxygens (including phenoxy) is 2. The third-order valence-electron chi connectivity index (χ3n) is 3.99. The van der Waals surface area contributed by atoms with Crippen molar-refractivity contribution in [3.05, 3.63) is 59.7 Å². The van der Waals surface area contributed by atoms with E-state index < -0.39 is 0 Å². The summed E-state index contributed by atoms with van der Waals surface area (Å²) in [5, 5.41) is 2.89. The summed E-state index contributed by atoms with van der Waals surface area (Å²) in [5.41, 5.74) is 2.58. The lowest BCUT2D eigenvalue weighted by molar-refractivity contribution is -0.143. The third-order valence-corrected chi connectivity index (χ3v) is 3.99. The number of rotatable bonds is 8. The molecule has 0 aliphatic heterocycles. The van der Waals surface area contributed by atoms with E-state index in [1.165, 1.54) is 0 Å². The molecule has 6 heteroatoms. The van der Waals surface area contributed by atoms with Crippen LogP contribution in [-0.2, 0) is 16.1 Å². The Morgan fingerprint density at radius 1 is 1.11 bits per heavy atom. The maximum atomic E-state index is 12.9. The van der Waals surface area contributed by atoms with Gasteiger partial charge >= 0.3 is 12.0 Å². The average molecular weight is 370 g/mol. The molecule has 0 aromatic heterocycles. The van der Waals surface area contributed by atoms with Crippen LogP contribution in [0.3, 0.4) is 0 Å². The topological polar surface area (TPSA) is 67.9 Å². The molecular weight excluding hydrogens is 344 g/mol. The highest BCUT2D eigenvalue weighted by atomic mass is 16.5. The molecule has 2 aromatic rings. The Morgan fingerprint density at radius 3 is 2.52 bits per heavy atom. The summed E-state index contributed by atoms with van der Waals surface area (Å²) >= 11 is 0. The average Bonchev–Trinajstić information content (AvgIpc) is 2.66. The number of esters is 1. The molecule has 0 fully saturated rings. The Balaban J connectivity index is 2.14. The van der Waals surface area contributed by atoms with E-state index in [0.717, 1.165) is 11.1 Å². The van der Waals surface area contributed by atoms with Crippen LogP contribution in [0.5, 0.6) is 5.75 Å². The van der Waals surface area contributed by atoms with Gasteiger partial charge in [-0.05, 0) is 37.1 Å². The molecule has 144 valence electrons. The van der Waals surface area contributed by atoms with Crippen LogP contribution in [0.1, 0.15) is 24.5 Å². The lowest BCUT2D eigenvalue weighted by atomic mass is 10.2. The lowest BCUT2D eigenvalue weighted by Gasteiger charge is -2.23. The van der Waals surface area contributed by atoms with Gasteiger partial charge in [0.2, 0.25) is 0 Å². The number of nitrogens with zero attached hydrogens (tertiary/aromatic N) is 1. The fourth-order valence-corrected chi connectivity index (χ4v) is 2.63. The molecule has 2 aromatic carbocycles. The molecular formula is C21H26N2O4. The maximum Gasteiger partial charge on any atom is 0.322 e. The van der Waals surface area contributed by atoms with Crippen LogP contribution in [0.4, 0.5) is 10.5 Å². The Hall–Kier alpha value is -3.02. The van der Waals surface area contributed by atoms with Gasteiger partial charge in [-0.3, -0.25) is 4.79 Å². The van der Waals surface area contributed by atoms with Crippen molar-refractivity contribution in [2.45, 2.75) is 26.8 Å². The number of urea groups is 1. The zero-order chi connectivity index (χ0) is 19.6. The van der Waals surface area contributed by atoms with Gasteiger partial charge in [0.15, 0.2) is 0 Å². The predicted octanol–water partition coefficient (Wildman–Crippen LogP) is 3.99. The Labute approximate surface area is 160 Å². The van der Waals surface area contributed by atoms with Crippen molar-refractivity contribution in [2.75, 3.05) is 25.6 Å². The van der Waals surface area contributed by atoms with Crippen molar-refractivity contribution < 1.29 is 19.1 Å². The van der Waals surface area contributed by atoms with Crippen molar-refractivity contribution in [1.82, 2.24) is 4.90 Å². The van der Waals surface area contributed by atoms with Gasteiger partial charge in [0.1, 0.15) is 5.75 Å². The smallest absolute Gasteiger partial charge is 0.322 e. The third kappa shape index (κ3) is 6.33. The van der Waals surface area contributed by atoms with E-state index in [0.29, 0.717) is 24.6 Å². The minimum absolute atomic E-state index is 0.138. The summed E-state index contributed by atoms with van der Waals surface area (Å²) in [5.74, 6) is 0.260. The first kappa shape index (κ1) is 20.3. The quantitative estimate of drug-likeness (QED) is 0.714. The van der Waals surface area contributed by atoms with Gasteiger partial charge in [0, 0.05) is 13.1 Å². The summed E-state index contributed by atoms with van der Waals surface area (Å²) in [6, 6.07) is 14.9. The first-order valence-corrected chi connectivity index (χ1v) is 8.93. The fraction of sp³-hybridized carbons (Fsp3) is 0.333. The van der Waals surface area contributed by atoms with Crippen LogP contribution in [0.15, 0.2) is 48.5 Å². The largest absolute Gasteiger partial charge is 0.495 e. The number of amides is 2. The molecule has 2 rings (SSSR count). The van der Waals surface area contributed by atoms with E-state index in [4.69, 9.17) is 9.47 Å². The minimum atomic E-state index is -0.323. The summed E-state index contributed by atoms with van der Waals surface area (Å²) in [6.07, 6.45) is 0.138. The van der Waals surface area contributed by atoms with Crippen LogP contribution in [-0.4, -0.2) is 37.2 Å². The molecule has 0 aliphatic rings. The number of aryl methyl sites for hydroxylation is 1. The number of hydrogen-bond acceptors (Lipinski definition) is 4. The molecule has 0 saturated carbocycles. The lowest BCUT2D eigenvalue weighted by Crippen LogP contribution is -2.36. The van der Waals surface area contributed by atoms with Gasteiger partial charge in [-0.2, -0.15) is 0 Å². The molecule has 6 nitrogen and oxygen atoms in total. The molecule has 0 atom stereocenters. The number of carbonyl (C=O) groups excluding carboxylic acids is 2. The predicted molar refractivity (Wildman–Crippen MR) is 105 cm³/mol. The van der Waals surface area contributed by atoms with Gasteiger partial charge in [-0.1, -0.05) is 36.4 Å². The van der Waals surface area contributed by atoms with Crippen LogP contribution < -0.4 is 10.1 Å². The first-order chi connectivity index (χ1) is 13.0. The summed E-state index contributed by atoms with van der Waals surface area (Å²) in [7, 11) is 1.56. The van der Waals surface area contributed by atoms with Crippen LogP contribution >= 0.6 is 0 Å². The van der Waals surface area contributed by atoms with Crippen LogP contribution in [0.25, 0.3) is 0 Å². The monoisotopic (exact) mass is 370 g/mol.